The van der Waals surface area contributed by atoms with Crippen molar-refractivity contribution in [3.05, 3.63) is 0 Å². The van der Waals surface area contributed by atoms with Crippen LogP contribution in [0.2, 0.25) is 0 Å². The molecule has 0 aliphatic carbocycles. The van der Waals surface area contributed by atoms with E-state index in [0.717, 1.165) is 12.1 Å². The fourth-order valence-electron chi connectivity index (χ4n) is 0.636. The van der Waals surface area contributed by atoms with Crippen molar-refractivity contribution in [3.63, 3.8) is 0 Å². The third kappa shape index (κ3) is 3.22. The quantitative estimate of drug-likeness (QED) is 0.576. The molecule has 0 bridgehead atoms. The third-order valence-electron chi connectivity index (χ3n) is 1.37. The second kappa shape index (κ2) is 4.97. The van der Waals surface area contributed by atoms with E-state index in [1.165, 1.54) is 0 Å². The van der Waals surface area contributed by atoms with E-state index >= 15 is 0 Å². The highest BCUT2D eigenvalue weighted by molar-refractivity contribution is 6.00. The van der Waals surface area contributed by atoms with Gasteiger partial charge in [-0.2, -0.15) is 0 Å². The average Bonchev–Trinajstić information content (AvgIpc) is 1.99. The summed E-state index contributed by atoms with van der Waals surface area (Å²) in [7, 11) is 3.34. The van der Waals surface area contributed by atoms with Gasteiger partial charge in [0, 0.05) is 19.8 Å². The number of amides is 1. The Morgan fingerprint density at radius 1 is 1.60 bits per heavy atom. The van der Waals surface area contributed by atoms with Crippen LogP contribution in [-0.2, 0) is 4.79 Å². The Morgan fingerprint density at radius 2 is 2.20 bits per heavy atom. The lowest BCUT2D eigenvalue weighted by atomic mass is 10.2. The standard InChI is InChI=1S/C7H14N2O/c1-4-6(8-2)5-7(10)9-3/h4-5H2,1-3H3,(H,9,10). The highest BCUT2D eigenvalue weighted by atomic mass is 16.1. The van der Waals surface area contributed by atoms with E-state index in [1.807, 2.05) is 6.92 Å². The number of nitrogens with zero attached hydrogens (tertiary/aromatic N) is 1. The molecular formula is C7H14N2O. The van der Waals surface area contributed by atoms with E-state index in [4.69, 9.17) is 0 Å². The van der Waals surface area contributed by atoms with Gasteiger partial charge in [0.25, 0.3) is 0 Å². The van der Waals surface area contributed by atoms with Gasteiger partial charge in [-0.15, -0.1) is 0 Å². The Balaban J connectivity index is 3.76. The van der Waals surface area contributed by atoms with Crippen molar-refractivity contribution in [1.82, 2.24) is 5.32 Å². The Hall–Kier alpha value is -0.860. The highest BCUT2D eigenvalue weighted by Gasteiger charge is 2.01. The second-order valence-corrected chi connectivity index (χ2v) is 1.99. The summed E-state index contributed by atoms with van der Waals surface area (Å²) in [6.07, 6.45) is 1.29. The van der Waals surface area contributed by atoms with Crippen molar-refractivity contribution in [2.45, 2.75) is 19.8 Å². The maximum Gasteiger partial charge on any atom is 0.225 e. The molecule has 0 atom stereocenters. The SMILES string of the molecule is CCC(CC(=O)NC)=NC. The number of nitrogens with one attached hydrogen (secondary N) is 1. The minimum absolute atomic E-state index is 0.0300. The van der Waals surface area contributed by atoms with E-state index < -0.39 is 0 Å². The first-order valence-corrected chi connectivity index (χ1v) is 3.39. The number of carbonyl (C=O) groups excluding carboxylic acids is 1. The van der Waals surface area contributed by atoms with E-state index in [2.05, 4.69) is 10.3 Å². The monoisotopic (exact) mass is 142 g/mol. The zero-order valence-corrected chi connectivity index (χ0v) is 6.77. The van der Waals surface area contributed by atoms with Crippen LogP contribution in [0.1, 0.15) is 19.8 Å². The van der Waals surface area contributed by atoms with Crippen LogP contribution >= 0.6 is 0 Å². The van der Waals surface area contributed by atoms with Crippen LogP contribution in [0.3, 0.4) is 0 Å². The Labute approximate surface area is 61.5 Å². The Kier molecular flexibility index (Phi) is 4.54. The molecule has 0 fully saturated rings. The van der Waals surface area contributed by atoms with Crippen LogP contribution in [0.25, 0.3) is 0 Å². The van der Waals surface area contributed by atoms with Crippen LogP contribution < -0.4 is 5.32 Å². The van der Waals surface area contributed by atoms with Gasteiger partial charge in [-0.25, -0.2) is 0 Å². The molecule has 0 unspecified atom stereocenters. The van der Waals surface area contributed by atoms with E-state index in [9.17, 15) is 4.79 Å². The molecule has 0 saturated heterocycles. The summed E-state index contributed by atoms with van der Waals surface area (Å²) < 4.78 is 0. The maximum atomic E-state index is 10.7. The molecular weight excluding hydrogens is 128 g/mol. The fourth-order valence-corrected chi connectivity index (χ4v) is 0.636. The van der Waals surface area contributed by atoms with Gasteiger partial charge in [-0.1, -0.05) is 6.92 Å². The number of aliphatic imine (C=N–C) groups is 1. The smallest absolute Gasteiger partial charge is 0.225 e. The minimum Gasteiger partial charge on any atom is -0.359 e. The predicted octanol–water partition coefficient (Wildman–Crippen LogP) is 0.603. The Morgan fingerprint density at radius 3 is 2.50 bits per heavy atom. The van der Waals surface area contributed by atoms with Gasteiger partial charge in [0.2, 0.25) is 5.91 Å². The predicted molar refractivity (Wildman–Crippen MR) is 42.3 cm³/mol. The number of hydrogen-bond donors (Lipinski definition) is 1. The number of hydrogen-bond acceptors (Lipinski definition) is 2. The van der Waals surface area contributed by atoms with Gasteiger partial charge >= 0.3 is 0 Å². The van der Waals surface area contributed by atoms with Gasteiger partial charge in [0.15, 0.2) is 0 Å². The van der Waals surface area contributed by atoms with Gasteiger partial charge in [0.1, 0.15) is 0 Å². The van der Waals surface area contributed by atoms with E-state index in [-0.39, 0.29) is 5.91 Å². The first-order chi connectivity index (χ1) is 4.74. The van der Waals surface area contributed by atoms with Gasteiger partial charge < -0.3 is 5.32 Å². The van der Waals surface area contributed by atoms with Crippen molar-refractivity contribution in [2.24, 2.45) is 4.99 Å². The molecule has 0 saturated carbocycles. The van der Waals surface area contributed by atoms with Crippen LogP contribution in [0.4, 0.5) is 0 Å². The second-order valence-electron chi connectivity index (χ2n) is 1.99. The first-order valence-electron chi connectivity index (χ1n) is 3.39. The lowest BCUT2D eigenvalue weighted by Gasteiger charge is -1.99. The number of carbonyl (C=O) groups is 1. The summed E-state index contributed by atoms with van der Waals surface area (Å²) in [5.74, 6) is 0.0300. The molecule has 10 heavy (non-hydrogen) atoms. The summed E-state index contributed by atoms with van der Waals surface area (Å²) in [4.78, 5) is 14.7. The summed E-state index contributed by atoms with van der Waals surface area (Å²) in [5, 5.41) is 2.54. The van der Waals surface area contributed by atoms with Crippen molar-refractivity contribution < 1.29 is 4.79 Å². The molecule has 0 aromatic carbocycles. The summed E-state index contributed by atoms with van der Waals surface area (Å²) in [6.45, 7) is 1.99. The summed E-state index contributed by atoms with van der Waals surface area (Å²) in [6, 6.07) is 0. The highest BCUT2D eigenvalue weighted by Crippen LogP contribution is 1.90. The average molecular weight is 142 g/mol. The normalized spacial score (nSPS) is 11.3. The minimum atomic E-state index is 0.0300. The Bertz CT molecular complexity index is 141. The molecule has 0 heterocycles. The van der Waals surface area contributed by atoms with Crippen molar-refractivity contribution in [1.29, 1.82) is 0 Å². The molecule has 0 rings (SSSR count). The largest absolute Gasteiger partial charge is 0.359 e. The molecule has 58 valence electrons. The molecule has 0 radical (unpaired) electrons. The molecule has 0 aromatic heterocycles. The molecule has 0 aliphatic rings. The van der Waals surface area contributed by atoms with Gasteiger partial charge in [0.05, 0.1) is 6.42 Å². The van der Waals surface area contributed by atoms with Gasteiger partial charge in [-0.05, 0) is 6.42 Å². The molecule has 1 amide bonds. The fraction of sp³-hybridized carbons (Fsp3) is 0.714. The first kappa shape index (κ1) is 9.14. The van der Waals surface area contributed by atoms with Crippen LogP contribution in [-0.4, -0.2) is 25.7 Å². The topological polar surface area (TPSA) is 41.5 Å². The zero-order valence-electron chi connectivity index (χ0n) is 6.77. The lowest BCUT2D eigenvalue weighted by Crippen LogP contribution is -2.20. The van der Waals surface area contributed by atoms with Crippen molar-refractivity contribution in [3.8, 4) is 0 Å². The maximum absolute atomic E-state index is 10.7. The molecule has 0 spiro atoms. The van der Waals surface area contributed by atoms with Gasteiger partial charge in [-0.3, -0.25) is 9.79 Å². The van der Waals surface area contributed by atoms with Crippen LogP contribution in [0.5, 0.6) is 0 Å². The molecule has 1 N–H and O–H groups in total. The molecule has 0 aromatic rings. The van der Waals surface area contributed by atoms with Crippen molar-refractivity contribution >= 4 is 11.6 Å². The summed E-state index contributed by atoms with van der Waals surface area (Å²) in [5.41, 5.74) is 0.944. The van der Waals surface area contributed by atoms with Crippen LogP contribution in [0, 0.1) is 0 Å². The van der Waals surface area contributed by atoms with Crippen molar-refractivity contribution in [2.75, 3.05) is 14.1 Å². The van der Waals surface area contributed by atoms with E-state index in [1.54, 1.807) is 14.1 Å². The molecule has 3 nitrogen and oxygen atoms in total. The van der Waals surface area contributed by atoms with E-state index in [0.29, 0.717) is 6.42 Å². The zero-order chi connectivity index (χ0) is 7.98. The summed E-state index contributed by atoms with van der Waals surface area (Å²) >= 11 is 0. The lowest BCUT2D eigenvalue weighted by molar-refractivity contribution is -0.119. The molecule has 3 heteroatoms. The third-order valence-corrected chi connectivity index (χ3v) is 1.37. The molecule has 0 aliphatic heterocycles. The van der Waals surface area contributed by atoms with Crippen LogP contribution in [0.15, 0.2) is 4.99 Å². The number of rotatable bonds is 3.